The van der Waals surface area contributed by atoms with Gasteiger partial charge in [0.05, 0.1) is 11.7 Å². The first kappa shape index (κ1) is 15.1. The summed E-state index contributed by atoms with van der Waals surface area (Å²) < 4.78 is 5.58. The number of likely N-dealkylation sites (N-methyl/N-ethyl adjacent to an activating group) is 1. The van der Waals surface area contributed by atoms with E-state index in [1.807, 2.05) is 13.0 Å². The minimum atomic E-state index is -0.0287. The lowest BCUT2D eigenvalue weighted by molar-refractivity contribution is 0.0588. The predicted octanol–water partition coefficient (Wildman–Crippen LogP) is 3.02. The topological polar surface area (TPSA) is 41.6 Å². The van der Waals surface area contributed by atoms with Crippen molar-refractivity contribution in [3.63, 3.8) is 0 Å². The summed E-state index contributed by atoms with van der Waals surface area (Å²) in [5.74, 6) is -0.0287. The number of amides is 1. The van der Waals surface area contributed by atoms with Crippen molar-refractivity contribution < 1.29 is 9.53 Å². The van der Waals surface area contributed by atoms with Crippen LogP contribution in [0.4, 0.5) is 5.69 Å². The van der Waals surface area contributed by atoms with Gasteiger partial charge in [0.15, 0.2) is 0 Å². The van der Waals surface area contributed by atoms with Gasteiger partial charge in [0.1, 0.15) is 0 Å². The fraction of sp³-hybridized carbons (Fsp3) is 0.533. The lowest BCUT2D eigenvalue weighted by Gasteiger charge is -2.22. The number of halogens is 1. The molecule has 5 heteroatoms. The zero-order valence-corrected chi connectivity index (χ0v) is 12.7. The molecule has 20 heavy (non-hydrogen) atoms. The van der Waals surface area contributed by atoms with E-state index in [0.29, 0.717) is 17.1 Å². The van der Waals surface area contributed by atoms with Gasteiger partial charge in [-0.05, 0) is 38.0 Å². The van der Waals surface area contributed by atoms with Gasteiger partial charge in [0, 0.05) is 37.5 Å². The summed E-state index contributed by atoms with van der Waals surface area (Å²) in [6.07, 6.45) is 2.26. The molecule has 0 saturated carbocycles. The maximum absolute atomic E-state index is 12.6. The van der Waals surface area contributed by atoms with E-state index in [1.165, 1.54) is 0 Å². The third-order valence-electron chi connectivity index (χ3n) is 3.43. The van der Waals surface area contributed by atoms with E-state index in [-0.39, 0.29) is 12.0 Å². The summed E-state index contributed by atoms with van der Waals surface area (Å²) in [5.41, 5.74) is 1.43. The van der Waals surface area contributed by atoms with Gasteiger partial charge in [0.25, 0.3) is 5.91 Å². The van der Waals surface area contributed by atoms with Crippen LogP contribution in [0.1, 0.15) is 30.1 Å². The number of rotatable bonds is 5. The molecule has 1 amide bonds. The van der Waals surface area contributed by atoms with Gasteiger partial charge in [-0.2, -0.15) is 0 Å². The molecule has 1 aromatic carbocycles. The Morgan fingerprint density at radius 1 is 1.55 bits per heavy atom. The molecule has 0 aliphatic carbocycles. The minimum absolute atomic E-state index is 0.0287. The van der Waals surface area contributed by atoms with Crippen molar-refractivity contribution >= 4 is 23.2 Å². The lowest BCUT2D eigenvalue weighted by Crippen LogP contribution is -2.34. The quantitative estimate of drug-likeness (QED) is 0.908. The highest BCUT2D eigenvalue weighted by Gasteiger charge is 2.22. The fourth-order valence-corrected chi connectivity index (χ4v) is 2.59. The van der Waals surface area contributed by atoms with E-state index in [9.17, 15) is 4.79 Å². The summed E-state index contributed by atoms with van der Waals surface area (Å²) in [7, 11) is 1.81. The number of benzene rings is 1. The third-order valence-corrected chi connectivity index (χ3v) is 3.66. The average Bonchev–Trinajstić information content (AvgIpc) is 2.93. The van der Waals surface area contributed by atoms with Crippen molar-refractivity contribution in [2.75, 3.05) is 32.1 Å². The first-order valence-corrected chi connectivity index (χ1v) is 7.40. The van der Waals surface area contributed by atoms with Crippen LogP contribution < -0.4 is 5.32 Å². The van der Waals surface area contributed by atoms with Crippen molar-refractivity contribution in [1.29, 1.82) is 0 Å². The molecular formula is C15H21ClN2O2. The van der Waals surface area contributed by atoms with Crippen LogP contribution in [0.15, 0.2) is 18.2 Å². The van der Waals surface area contributed by atoms with Crippen molar-refractivity contribution in [3.05, 3.63) is 28.8 Å². The normalized spacial score (nSPS) is 18.1. The van der Waals surface area contributed by atoms with Gasteiger partial charge in [-0.3, -0.25) is 4.79 Å². The van der Waals surface area contributed by atoms with E-state index in [2.05, 4.69) is 5.32 Å². The Balaban J connectivity index is 2.11. The fourth-order valence-electron chi connectivity index (χ4n) is 2.42. The number of nitrogens with zero attached hydrogens (tertiary/aromatic N) is 1. The molecule has 1 aliphatic heterocycles. The molecule has 0 radical (unpaired) electrons. The molecule has 1 atom stereocenters. The molecule has 0 aromatic heterocycles. The van der Waals surface area contributed by atoms with Crippen molar-refractivity contribution in [2.24, 2.45) is 0 Å². The van der Waals surface area contributed by atoms with Crippen LogP contribution >= 0.6 is 11.6 Å². The summed E-state index contributed by atoms with van der Waals surface area (Å²) in [6.45, 7) is 4.18. The van der Waals surface area contributed by atoms with Crippen LogP contribution in [0.2, 0.25) is 5.02 Å². The average molecular weight is 297 g/mol. The summed E-state index contributed by atoms with van der Waals surface area (Å²) >= 11 is 6.01. The molecule has 1 fully saturated rings. The highest BCUT2D eigenvalue weighted by atomic mass is 35.5. The molecule has 1 unspecified atom stereocenters. The Morgan fingerprint density at radius 2 is 2.35 bits per heavy atom. The van der Waals surface area contributed by atoms with Crippen molar-refractivity contribution in [1.82, 2.24) is 4.90 Å². The van der Waals surface area contributed by atoms with Crippen LogP contribution in [0.5, 0.6) is 0 Å². The number of anilines is 1. The summed E-state index contributed by atoms with van der Waals surface area (Å²) in [4.78, 5) is 14.3. The van der Waals surface area contributed by atoms with Gasteiger partial charge in [-0.15, -0.1) is 0 Å². The van der Waals surface area contributed by atoms with E-state index < -0.39 is 0 Å². The molecule has 0 spiro atoms. The molecule has 4 nitrogen and oxygen atoms in total. The lowest BCUT2D eigenvalue weighted by atomic mass is 10.1. The second-order valence-corrected chi connectivity index (χ2v) is 5.48. The highest BCUT2D eigenvalue weighted by molar-refractivity contribution is 6.31. The Bertz CT molecular complexity index is 473. The third kappa shape index (κ3) is 3.64. The predicted molar refractivity (Wildman–Crippen MR) is 81.6 cm³/mol. The molecule has 1 heterocycles. The Kier molecular flexibility index (Phi) is 5.26. The highest BCUT2D eigenvalue weighted by Crippen LogP contribution is 2.23. The minimum Gasteiger partial charge on any atom is -0.385 e. The van der Waals surface area contributed by atoms with E-state index in [0.717, 1.165) is 31.7 Å². The van der Waals surface area contributed by atoms with Gasteiger partial charge < -0.3 is 15.0 Å². The summed E-state index contributed by atoms with van der Waals surface area (Å²) in [5, 5.41) is 3.77. The van der Waals surface area contributed by atoms with Gasteiger partial charge in [-0.25, -0.2) is 0 Å². The van der Waals surface area contributed by atoms with Crippen LogP contribution in [0.3, 0.4) is 0 Å². The van der Waals surface area contributed by atoms with E-state index in [4.69, 9.17) is 16.3 Å². The Morgan fingerprint density at radius 3 is 3.00 bits per heavy atom. The van der Waals surface area contributed by atoms with Crippen LogP contribution in [0, 0.1) is 0 Å². The molecule has 1 N–H and O–H groups in total. The molecule has 1 aliphatic rings. The zero-order chi connectivity index (χ0) is 14.5. The number of carbonyl (C=O) groups excluding carboxylic acids is 1. The smallest absolute Gasteiger partial charge is 0.255 e. The van der Waals surface area contributed by atoms with Crippen molar-refractivity contribution in [2.45, 2.75) is 25.9 Å². The standard InChI is InChI=1S/C15H21ClN2O2/c1-3-17-14-7-6-11(16)9-13(14)15(19)18(2)10-12-5-4-8-20-12/h6-7,9,12,17H,3-5,8,10H2,1-2H3. The molecular weight excluding hydrogens is 276 g/mol. The first-order valence-electron chi connectivity index (χ1n) is 7.02. The SMILES string of the molecule is CCNc1ccc(Cl)cc1C(=O)N(C)CC1CCCO1. The number of hydrogen-bond acceptors (Lipinski definition) is 3. The second-order valence-electron chi connectivity index (χ2n) is 5.04. The summed E-state index contributed by atoms with van der Waals surface area (Å²) in [6, 6.07) is 5.35. The van der Waals surface area contributed by atoms with Crippen LogP contribution in [0.25, 0.3) is 0 Å². The number of ether oxygens (including phenoxy) is 1. The Labute approximate surface area is 125 Å². The molecule has 2 rings (SSSR count). The van der Waals surface area contributed by atoms with E-state index >= 15 is 0 Å². The zero-order valence-electron chi connectivity index (χ0n) is 12.0. The monoisotopic (exact) mass is 296 g/mol. The first-order chi connectivity index (χ1) is 9.61. The van der Waals surface area contributed by atoms with Gasteiger partial charge in [0.2, 0.25) is 0 Å². The van der Waals surface area contributed by atoms with Gasteiger partial charge >= 0.3 is 0 Å². The maximum atomic E-state index is 12.6. The number of hydrogen-bond donors (Lipinski definition) is 1. The second kappa shape index (κ2) is 6.95. The largest absolute Gasteiger partial charge is 0.385 e. The van der Waals surface area contributed by atoms with E-state index in [1.54, 1.807) is 24.1 Å². The van der Waals surface area contributed by atoms with Crippen LogP contribution in [-0.2, 0) is 4.74 Å². The Hall–Kier alpha value is -1.26. The van der Waals surface area contributed by atoms with Gasteiger partial charge in [-0.1, -0.05) is 11.6 Å². The van der Waals surface area contributed by atoms with Crippen molar-refractivity contribution in [3.8, 4) is 0 Å². The maximum Gasteiger partial charge on any atom is 0.255 e. The van der Waals surface area contributed by atoms with Crippen LogP contribution in [-0.4, -0.2) is 43.7 Å². The molecule has 1 aromatic rings. The molecule has 1 saturated heterocycles. The molecule has 110 valence electrons. The number of carbonyl (C=O) groups is 1. The number of nitrogens with one attached hydrogen (secondary N) is 1. The molecule has 0 bridgehead atoms.